The molecular formula is C23H22ClF3N4O4S. The van der Waals surface area contributed by atoms with Gasteiger partial charge in [0.2, 0.25) is 0 Å². The van der Waals surface area contributed by atoms with E-state index in [0.29, 0.717) is 13.1 Å². The van der Waals surface area contributed by atoms with Crippen molar-refractivity contribution in [3.8, 4) is 0 Å². The fourth-order valence-electron chi connectivity index (χ4n) is 4.56. The summed E-state index contributed by atoms with van der Waals surface area (Å²) in [4.78, 5) is 37.6. The van der Waals surface area contributed by atoms with Gasteiger partial charge in [-0.05, 0) is 48.5 Å². The van der Waals surface area contributed by atoms with Crippen molar-refractivity contribution < 1.29 is 23.1 Å². The van der Waals surface area contributed by atoms with Crippen LogP contribution in [0.1, 0.15) is 29.1 Å². The number of carboxylic acid groups (broad SMARTS) is 1. The first kappa shape index (κ1) is 26.1. The van der Waals surface area contributed by atoms with Gasteiger partial charge in [-0.15, -0.1) is 11.3 Å². The summed E-state index contributed by atoms with van der Waals surface area (Å²) in [6.07, 6.45) is -3.28. The zero-order chi connectivity index (χ0) is 26.1. The second-order valence-electron chi connectivity index (χ2n) is 8.74. The minimum atomic E-state index is -5.08. The van der Waals surface area contributed by atoms with E-state index in [1.807, 2.05) is 29.6 Å². The highest BCUT2D eigenvalue weighted by atomic mass is 35.5. The molecule has 2 aliphatic rings. The molecule has 1 saturated heterocycles. The molecule has 1 atom stereocenters. The average Bonchev–Trinajstić information content (AvgIpc) is 3.56. The van der Waals surface area contributed by atoms with E-state index in [9.17, 15) is 22.8 Å². The predicted molar refractivity (Wildman–Crippen MR) is 128 cm³/mol. The van der Waals surface area contributed by atoms with Crippen LogP contribution in [0, 0.1) is 0 Å². The SMILES string of the molecule is O=C(O)C(F)(F)F.O=c1c(=O)n2c(nn1Cc1cccs1)C1(CCN(Cc3ccc(Cl)cc3)C1)CC2. The lowest BCUT2D eigenvalue weighted by atomic mass is 9.85. The maximum Gasteiger partial charge on any atom is 0.490 e. The topological polar surface area (TPSA) is 97.4 Å². The Hall–Kier alpha value is -2.96. The van der Waals surface area contributed by atoms with Crippen LogP contribution >= 0.6 is 22.9 Å². The summed E-state index contributed by atoms with van der Waals surface area (Å²) < 4.78 is 34.7. The van der Waals surface area contributed by atoms with E-state index in [-0.39, 0.29) is 5.41 Å². The van der Waals surface area contributed by atoms with Gasteiger partial charge in [-0.2, -0.15) is 18.3 Å². The smallest absolute Gasteiger partial charge is 0.475 e. The number of likely N-dealkylation sites (tertiary alicyclic amines) is 1. The lowest BCUT2D eigenvalue weighted by Gasteiger charge is -2.24. The number of rotatable bonds is 4. The maximum atomic E-state index is 12.7. The van der Waals surface area contributed by atoms with Gasteiger partial charge in [0, 0.05) is 34.9 Å². The van der Waals surface area contributed by atoms with E-state index in [4.69, 9.17) is 26.6 Å². The number of halogens is 4. The van der Waals surface area contributed by atoms with Crippen LogP contribution in [0.15, 0.2) is 51.4 Å². The first-order chi connectivity index (χ1) is 17.0. The Labute approximate surface area is 212 Å². The van der Waals surface area contributed by atoms with E-state index in [1.165, 1.54) is 10.2 Å². The van der Waals surface area contributed by atoms with Crippen LogP contribution in [0.5, 0.6) is 0 Å². The summed E-state index contributed by atoms with van der Waals surface area (Å²) in [5.41, 5.74) is 0.0866. The zero-order valence-electron chi connectivity index (χ0n) is 18.9. The molecule has 1 spiro atoms. The quantitative estimate of drug-likeness (QED) is 0.508. The number of aliphatic carboxylic acids is 1. The van der Waals surface area contributed by atoms with Crippen molar-refractivity contribution in [2.75, 3.05) is 13.1 Å². The van der Waals surface area contributed by atoms with Crippen molar-refractivity contribution >= 4 is 28.9 Å². The highest BCUT2D eigenvalue weighted by Gasteiger charge is 2.47. The molecule has 13 heteroatoms. The molecule has 3 aromatic rings. The number of fused-ring (bicyclic) bond motifs is 2. The third kappa shape index (κ3) is 5.55. The molecule has 4 heterocycles. The van der Waals surface area contributed by atoms with Gasteiger partial charge in [0.05, 0.1) is 6.54 Å². The number of aromatic nitrogens is 3. The number of alkyl halides is 3. The van der Waals surface area contributed by atoms with Gasteiger partial charge in [0.15, 0.2) is 0 Å². The number of carboxylic acids is 1. The van der Waals surface area contributed by atoms with Crippen molar-refractivity contribution in [2.45, 2.75) is 44.1 Å². The molecule has 2 aliphatic heterocycles. The Balaban J connectivity index is 0.000000384. The van der Waals surface area contributed by atoms with Crippen molar-refractivity contribution in [3.63, 3.8) is 0 Å². The summed E-state index contributed by atoms with van der Waals surface area (Å²) in [6.45, 7) is 3.56. The van der Waals surface area contributed by atoms with Gasteiger partial charge in [0.1, 0.15) is 5.82 Å². The molecule has 2 aromatic heterocycles. The predicted octanol–water partition coefficient (Wildman–Crippen LogP) is 3.35. The summed E-state index contributed by atoms with van der Waals surface area (Å²) in [5.74, 6) is -1.98. The fourth-order valence-corrected chi connectivity index (χ4v) is 5.37. The van der Waals surface area contributed by atoms with E-state index in [1.54, 1.807) is 15.9 Å². The number of benzene rings is 1. The number of hydrogen-bond donors (Lipinski definition) is 1. The molecular weight excluding hydrogens is 521 g/mol. The molecule has 0 amide bonds. The normalized spacial score (nSPS) is 19.2. The highest BCUT2D eigenvalue weighted by molar-refractivity contribution is 7.09. The largest absolute Gasteiger partial charge is 0.490 e. The monoisotopic (exact) mass is 542 g/mol. The van der Waals surface area contributed by atoms with Crippen molar-refractivity contribution in [1.29, 1.82) is 0 Å². The van der Waals surface area contributed by atoms with Crippen LogP contribution in [-0.4, -0.2) is 49.6 Å². The van der Waals surface area contributed by atoms with E-state index >= 15 is 0 Å². The summed E-state index contributed by atoms with van der Waals surface area (Å²) >= 11 is 7.56. The van der Waals surface area contributed by atoms with Gasteiger partial charge in [0.25, 0.3) is 0 Å². The number of thiophene rings is 1. The van der Waals surface area contributed by atoms with Crippen LogP contribution in [-0.2, 0) is 29.8 Å². The van der Waals surface area contributed by atoms with Gasteiger partial charge in [-0.1, -0.05) is 29.8 Å². The van der Waals surface area contributed by atoms with Crippen molar-refractivity contribution in [3.05, 3.63) is 83.8 Å². The Morgan fingerprint density at radius 3 is 2.36 bits per heavy atom. The van der Waals surface area contributed by atoms with E-state index in [0.717, 1.165) is 48.2 Å². The van der Waals surface area contributed by atoms with Crippen LogP contribution in [0.2, 0.25) is 5.02 Å². The molecule has 1 N–H and O–H groups in total. The van der Waals surface area contributed by atoms with Gasteiger partial charge in [-0.25, -0.2) is 9.48 Å². The molecule has 5 rings (SSSR count). The van der Waals surface area contributed by atoms with Crippen molar-refractivity contribution in [1.82, 2.24) is 19.2 Å². The second kappa shape index (κ2) is 10.2. The molecule has 1 unspecified atom stereocenters. The standard InChI is InChI=1S/C21H21ClN4O2S.C2HF3O2/c22-16-5-3-15(4-6-16)12-24-9-7-21(14-24)8-10-25-18(27)19(28)26(23-20(21)25)13-17-2-1-11-29-17;3-2(4,5)1(6)7/h1-6,11H,7-10,12-14H2;(H,6,7). The maximum absolute atomic E-state index is 12.7. The van der Waals surface area contributed by atoms with Gasteiger partial charge < -0.3 is 5.11 Å². The van der Waals surface area contributed by atoms with Crippen LogP contribution in [0.3, 0.4) is 0 Å². The highest BCUT2D eigenvalue weighted by Crippen LogP contribution is 2.40. The van der Waals surface area contributed by atoms with Crippen LogP contribution in [0.4, 0.5) is 13.2 Å². The third-order valence-electron chi connectivity index (χ3n) is 6.30. The molecule has 36 heavy (non-hydrogen) atoms. The molecule has 192 valence electrons. The number of nitrogens with zero attached hydrogens (tertiary/aromatic N) is 4. The van der Waals surface area contributed by atoms with Gasteiger partial charge >= 0.3 is 23.3 Å². The molecule has 1 fully saturated rings. The molecule has 0 aliphatic carbocycles. The molecule has 0 saturated carbocycles. The van der Waals surface area contributed by atoms with Gasteiger partial charge in [-0.3, -0.25) is 19.1 Å². The minimum Gasteiger partial charge on any atom is -0.475 e. The van der Waals surface area contributed by atoms with E-state index < -0.39 is 23.3 Å². The number of hydrogen-bond acceptors (Lipinski definition) is 6. The summed E-state index contributed by atoms with van der Waals surface area (Å²) in [7, 11) is 0. The Kier molecular flexibility index (Phi) is 7.39. The summed E-state index contributed by atoms with van der Waals surface area (Å²) in [6, 6.07) is 11.8. The minimum absolute atomic E-state index is 0.156. The number of carbonyl (C=O) groups is 1. The molecule has 1 aromatic carbocycles. The fraction of sp³-hybridized carbons (Fsp3) is 0.391. The second-order valence-corrected chi connectivity index (χ2v) is 10.2. The Morgan fingerprint density at radius 1 is 1.08 bits per heavy atom. The Morgan fingerprint density at radius 2 is 1.75 bits per heavy atom. The van der Waals surface area contributed by atoms with Crippen molar-refractivity contribution in [2.24, 2.45) is 0 Å². The lowest BCUT2D eigenvalue weighted by Crippen LogP contribution is -2.45. The third-order valence-corrected chi connectivity index (χ3v) is 7.42. The zero-order valence-corrected chi connectivity index (χ0v) is 20.4. The summed E-state index contributed by atoms with van der Waals surface area (Å²) in [5, 5.41) is 14.5. The Bertz CT molecular complexity index is 1360. The lowest BCUT2D eigenvalue weighted by molar-refractivity contribution is -0.192. The molecule has 8 nitrogen and oxygen atoms in total. The van der Waals surface area contributed by atoms with Crippen LogP contribution in [0.25, 0.3) is 0 Å². The first-order valence-electron chi connectivity index (χ1n) is 11.0. The van der Waals surface area contributed by atoms with Crippen LogP contribution < -0.4 is 11.1 Å². The average molecular weight is 543 g/mol. The molecule has 0 radical (unpaired) electrons. The first-order valence-corrected chi connectivity index (χ1v) is 12.3. The van der Waals surface area contributed by atoms with E-state index in [2.05, 4.69) is 17.0 Å². The molecule has 0 bridgehead atoms.